The molecule has 0 bridgehead atoms. The van der Waals surface area contributed by atoms with E-state index in [-0.39, 0.29) is 17.4 Å². The van der Waals surface area contributed by atoms with Gasteiger partial charge in [0.1, 0.15) is 0 Å². The van der Waals surface area contributed by atoms with Gasteiger partial charge in [0.15, 0.2) is 0 Å². The molecular weight excluding hydrogens is 322 g/mol. The maximum absolute atomic E-state index is 12.1. The molecule has 1 aromatic carbocycles. The number of ether oxygens (including phenoxy) is 2. The number of rotatable bonds is 6. The monoisotopic (exact) mass is 343 g/mol. The molecule has 25 heavy (non-hydrogen) atoms. The van der Waals surface area contributed by atoms with E-state index in [1.165, 1.54) is 12.2 Å². The lowest BCUT2D eigenvalue weighted by Gasteiger charge is -2.45. The summed E-state index contributed by atoms with van der Waals surface area (Å²) in [4.78, 5) is 36.4. The van der Waals surface area contributed by atoms with E-state index in [0.29, 0.717) is 23.8 Å². The topological polar surface area (TPSA) is 72.9 Å². The number of hydrogen-bond donors (Lipinski definition) is 0. The number of imide groups is 1. The van der Waals surface area contributed by atoms with Gasteiger partial charge >= 0.3 is 5.97 Å². The smallest absolute Gasteiger partial charge is 0.338 e. The van der Waals surface area contributed by atoms with Gasteiger partial charge in [-0.3, -0.25) is 9.59 Å². The Kier molecular flexibility index (Phi) is 4.72. The van der Waals surface area contributed by atoms with Crippen molar-refractivity contribution >= 4 is 23.5 Å². The minimum atomic E-state index is -0.420. The molecule has 2 aliphatic heterocycles. The van der Waals surface area contributed by atoms with E-state index in [0.717, 1.165) is 24.3 Å². The summed E-state index contributed by atoms with van der Waals surface area (Å²) in [6.45, 7) is 5.36. The Balaban J connectivity index is 1.49. The van der Waals surface area contributed by atoms with Crippen LogP contribution < -0.4 is 4.90 Å². The highest BCUT2D eigenvalue weighted by molar-refractivity contribution is 6.28. The van der Waals surface area contributed by atoms with E-state index in [1.807, 2.05) is 0 Å². The van der Waals surface area contributed by atoms with E-state index in [2.05, 4.69) is 13.8 Å². The van der Waals surface area contributed by atoms with Crippen LogP contribution in [0, 0.1) is 5.92 Å². The van der Waals surface area contributed by atoms with Gasteiger partial charge in [0.05, 0.1) is 30.1 Å². The summed E-state index contributed by atoms with van der Waals surface area (Å²) in [5.74, 6) is -0.666. The van der Waals surface area contributed by atoms with Gasteiger partial charge in [-0.25, -0.2) is 9.69 Å². The molecule has 2 heterocycles. The molecule has 6 nitrogen and oxygen atoms in total. The van der Waals surface area contributed by atoms with Crippen molar-refractivity contribution in [1.29, 1.82) is 0 Å². The van der Waals surface area contributed by atoms with Crippen LogP contribution in [0.1, 0.15) is 37.0 Å². The van der Waals surface area contributed by atoms with Crippen molar-refractivity contribution in [1.82, 2.24) is 0 Å². The molecule has 2 unspecified atom stereocenters. The standard InChI is InChI=1S/C19H21NO5/c1-13-12-25-19(13,2)10-3-11-24-18(23)14-4-6-15(7-5-14)20-16(21)8-9-17(20)22/h4-9,13H,3,10-12H2,1-2H3. The van der Waals surface area contributed by atoms with Crippen molar-refractivity contribution in [2.45, 2.75) is 32.3 Å². The number of esters is 1. The summed E-state index contributed by atoms with van der Waals surface area (Å²) in [5.41, 5.74) is 0.715. The molecule has 0 N–H and O–H groups in total. The number of hydrogen-bond acceptors (Lipinski definition) is 5. The fraction of sp³-hybridized carbons (Fsp3) is 0.421. The molecule has 2 aliphatic rings. The fourth-order valence-corrected chi connectivity index (χ4v) is 2.93. The predicted molar refractivity (Wildman–Crippen MR) is 91.1 cm³/mol. The van der Waals surface area contributed by atoms with E-state index < -0.39 is 5.97 Å². The number of carbonyl (C=O) groups is 3. The first kappa shape index (κ1) is 17.4. The maximum Gasteiger partial charge on any atom is 0.338 e. The Hall–Kier alpha value is -2.47. The number of amides is 2. The minimum absolute atomic E-state index is 0.100. The minimum Gasteiger partial charge on any atom is -0.462 e. The van der Waals surface area contributed by atoms with Crippen LogP contribution in [-0.4, -0.2) is 36.6 Å². The number of benzene rings is 1. The number of carbonyl (C=O) groups excluding carboxylic acids is 3. The summed E-state index contributed by atoms with van der Waals surface area (Å²) in [6, 6.07) is 6.22. The van der Waals surface area contributed by atoms with Crippen LogP contribution in [0.25, 0.3) is 0 Å². The van der Waals surface area contributed by atoms with Crippen molar-refractivity contribution in [3.63, 3.8) is 0 Å². The molecular formula is C19H21NO5. The molecule has 1 saturated heterocycles. The van der Waals surface area contributed by atoms with Gasteiger partial charge < -0.3 is 9.47 Å². The van der Waals surface area contributed by atoms with Crippen molar-refractivity contribution in [2.75, 3.05) is 18.1 Å². The van der Waals surface area contributed by atoms with Crippen LogP contribution in [-0.2, 0) is 19.1 Å². The average Bonchev–Trinajstić information content (AvgIpc) is 2.95. The molecule has 6 heteroatoms. The van der Waals surface area contributed by atoms with Crippen LogP contribution in [0.15, 0.2) is 36.4 Å². The van der Waals surface area contributed by atoms with Crippen molar-refractivity contribution in [2.24, 2.45) is 5.92 Å². The van der Waals surface area contributed by atoms with Gasteiger partial charge in [-0.15, -0.1) is 0 Å². The number of nitrogens with zero attached hydrogens (tertiary/aromatic N) is 1. The molecule has 0 spiro atoms. The summed E-state index contributed by atoms with van der Waals surface area (Å²) < 4.78 is 10.9. The van der Waals surface area contributed by atoms with E-state index in [9.17, 15) is 14.4 Å². The summed E-state index contributed by atoms with van der Waals surface area (Å²) in [5, 5.41) is 0. The zero-order chi connectivity index (χ0) is 18.0. The van der Waals surface area contributed by atoms with Gasteiger partial charge in [-0.1, -0.05) is 6.92 Å². The maximum atomic E-state index is 12.1. The van der Waals surface area contributed by atoms with Crippen molar-refractivity contribution in [3.05, 3.63) is 42.0 Å². The third-order valence-corrected chi connectivity index (χ3v) is 4.93. The lowest BCUT2D eigenvalue weighted by atomic mass is 9.82. The van der Waals surface area contributed by atoms with Gasteiger partial charge in [0.25, 0.3) is 11.8 Å². The van der Waals surface area contributed by atoms with Crippen LogP contribution in [0.4, 0.5) is 5.69 Å². The second-order valence-electron chi connectivity index (χ2n) is 6.66. The predicted octanol–water partition coefficient (Wildman–Crippen LogP) is 2.48. The Morgan fingerprint density at radius 1 is 1.24 bits per heavy atom. The Labute approximate surface area is 146 Å². The molecule has 3 rings (SSSR count). The van der Waals surface area contributed by atoms with Crippen molar-refractivity contribution < 1.29 is 23.9 Å². The highest BCUT2D eigenvalue weighted by Crippen LogP contribution is 2.36. The third-order valence-electron chi connectivity index (χ3n) is 4.93. The Morgan fingerprint density at radius 3 is 2.40 bits per heavy atom. The SMILES string of the molecule is CC1COC1(C)CCCOC(=O)c1ccc(N2C(=O)C=CC2=O)cc1. The highest BCUT2D eigenvalue weighted by Gasteiger charge is 2.40. The molecule has 0 radical (unpaired) electrons. The molecule has 2 amide bonds. The van der Waals surface area contributed by atoms with E-state index >= 15 is 0 Å². The first-order chi connectivity index (χ1) is 11.9. The van der Waals surface area contributed by atoms with E-state index in [4.69, 9.17) is 9.47 Å². The Bertz CT molecular complexity index is 706. The van der Waals surface area contributed by atoms with Gasteiger partial charge in [0.2, 0.25) is 0 Å². The molecule has 1 aromatic rings. The first-order valence-corrected chi connectivity index (χ1v) is 8.38. The quantitative estimate of drug-likeness (QED) is 0.451. The van der Waals surface area contributed by atoms with Crippen LogP contribution in [0.3, 0.4) is 0 Å². The second-order valence-corrected chi connectivity index (χ2v) is 6.66. The summed E-state index contributed by atoms with van der Waals surface area (Å²) >= 11 is 0. The van der Waals surface area contributed by atoms with Crippen molar-refractivity contribution in [3.8, 4) is 0 Å². The van der Waals surface area contributed by atoms with Gasteiger partial charge in [-0.2, -0.15) is 0 Å². The molecule has 2 atom stereocenters. The van der Waals surface area contributed by atoms with Gasteiger partial charge in [0, 0.05) is 18.1 Å². The van der Waals surface area contributed by atoms with Crippen LogP contribution in [0.5, 0.6) is 0 Å². The van der Waals surface area contributed by atoms with Gasteiger partial charge in [-0.05, 0) is 44.0 Å². The average molecular weight is 343 g/mol. The molecule has 0 aliphatic carbocycles. The van der Waals surface area contributed by atoms with Crippen LogP contribution >= 0.6 is 0 Å². The second kappa shape index (κ2) is 6.80. The largest absolute Gasteiger partial charge is 0.462 e. The zero-order valence-electron chi connectivity index (χ0n) is 14.4. The number of anilines is 1. The summed E-state index contributed by atoms with van der Waals surface area (Å²) in [7, 11) is 0. The molecule has 132 valence electrons. The fourth-order valence-electron chi connectivity index (χ4n) is 2.93. The first-order valence-electron chi connectivity index (χ1n) is 8.38. The lowest BCUT2D eigenvalue weighted by Crippen LogP contribution is -2.49. The molecule has 0 aromatic heterocycles. The van der Waals surface area contributed by atoms with Crippen LogP contribution in [0.2, 0.25) is 0 Å². The lowest BCUT2D eigenvalue weighted by molar-refractivity contribution is -0.190. The molecule has 0 saturated carbocycles. The third kappa shape index (κ3) is 3.49. The normalized spacial score (nSPS) is 25.2. The van der Waals surface area contributed by atoms with E-state index in [1.54, 1.807) is 24.3 Å². The highest BCUT2D eigenvalue weighted by atomic mass is 16.5. The Morgan fingerprint density at radius 2 is 1.88 bits per heavy atom. The molecule has 1 fully saturated rings. The zero-order valence-corrected chi connectivity index (χ0v) is 14.4. The summed E-state index contributed by atoms with van der Waals surface area (Å²) in [6.07, 6.45) is 4.04.